The highest BCUT2D eigenvalue weighted by Gasteiger charge is 2.39. The standard InChI is InChI=1S/C30H46N2/c1-7-24(6)25-20-22-30(23-21-25,26-12-16-28(17-13-26)31(8-2)9-3)27-14-18-29(19-15-27)32(10-4)11-5/h12-19,24-25H,7-11,20-23H2,1-6H3. The van der Waals surface area contributed by atoms with Gasteiger partial charge in [0.1, 0.15) is 0 Å². The van der Waals surface area contributed by atoms with Crippen molar-refractivity contribution in [3.05, 3.63) is 59.7 Å². The lowest BCUT2D eigenvalue weighted by Crippen LogP contribution is -2.35. The summed E-state index contributed by atoms with van der Waals surface area (Å²) in [6, 6.07) is 19.1. The third-order valence-electron chi connectivity index (χ3n) is 8.43. The molecule has 1 aliphatic carbocycles. The van der Waals surface area contributed by atoms with Crippen molar-refractivity contribution in [3.63, 3.8) is 0 Å². The first-order valence-corrected chi connectivity index (χ1v) is 13.2. The molecule has 0 heterocycles. The minimum absolute atomic E-state index is 0.146. The molecule has 1 atom stereocenters. The van der Waals surface area contributed by atoms with E-state index in [0.717, 1.165) is 38.0 Å². The number of hydrogen-bond donors (Lipinski definition) is 0. The Morgan fingerprint density at radius 1 is 0.688 bits per heavy atom. The van der Waals surface area contributed by atoms with Crippen molar-refractivity contribution in [2.45, 2.75) is 79.1 Å². The molecule has 0 spiro atoms. The number of hydrogen-bond acceptors (Lipinski definition) is 2. The summed E-state index contributed by atoms with van der Waals surface area (Å²) < 4.78 is 0. The fourth-order valence-corrected chi connectivity index (χ4v) is 5.94. The minimum Gasteiger partial charge on any atom is -0.372 e. The molecule has 1 aliphatic rings. The largest absolute Gasteiger partial charge is 0.372 e. The van der Waals surface area contributed by atoms with E-state index in [2.05, 4.69) is 99.9 Å². The molecule has 0 aliphatic heterocycles. The molecule has 1 fully saturated rings. The second-order valence-electron chi connectivity index (χ2n) is 9.74. The van der Waals surface area contributed by atoms with Crippen molar-refractivity contribution in [1.29, 1.82) is 0 Å². The Kier molecular flexibility index (Phi) is 8.68. The minimum atomic E-state index is 0.146. The van der Waals surface area contributed by atoms with E-state index in [1.807, 2.05) is 0 Å². The normalized spacial score (nSPS) is 17.2. The molecule has 2 aromatic carbocycles. The Labute approximate surface area is 198 Å². The first-order chi connectivity index (χ1) is 15.5. The van der Waals surface area contributed by atoms with E-state index >= 15 is 0 Å². The maximum Gasteiger partial charge on any atom is 0.0366 e. The van der Waals surface area contributed by atoms with E-state index in [1.165, 1.54) is 54.6 Å². The van der Waals surface area contributed by atoms with E-state index in [4.69, 9.17) is 0 Å². The predicted molar refractivity (Wildman–Crippen MR) is 142 cm³/mol. The SMILES string of the molecule is CCC(C)C1CCC(c2ccc(N(CC)CC)cc2)(c2ccc(N(CC)CC)cc2)CC1. The third kappa shape index (κ3) is 5.00. The summed E-state index contributed by atoms with van der Waals surface area (Å²) in [4.78, 5) is 4.88. The Bertz CT molecular complexity index is 734. The zero-order chi connectivity index (χ0) is 23.1. The smallest absolute Gasteiger partial charge is 0.0366 e. The molecular weight excluding hydrogens is 388 g/mol. The summed E-state index contributed by atoms with van der Waals surface area (Å²) in [5.41, 5.74) is 5.85. The van der Waals surface area contributed by atoms with Crippen LogP contribution in [0, 0.1) is 11.8 Å². The summed E-state index contributed by atoms with van der Waals surface area (Å²) in [5, 5.41) is 0. The Balaban J connectivity index is 1.96. The van der Waals surface area contributed by atoms with Crippen LogP contribution in [0.4, 0.5) is 11.4 Å². The predicted octanol–water partition coefficient (Wildman–Crippen LogP) is 7.90. The molecule has 2 nitrogen and oxygen atoms in total. The van der Waals surface area contributed by atoms with Crippen molar-refractivity contribution in [3.8, 4) is 0 Å². The maximum absolute atomic E-state index is 2.45. The van der Waals surface area contributed by atoms with Gasteiger partial charge in [0.2, 0.25) is 0 Å². The lowest BCUT2D eigenvalue weighted by Gasteiger charge is -2.43. The molecule has 2 aromatic rings. The molecule has 0 saturated heterocycles. The zero-order valence-corrected chi connectivity index (χ0v) is 21.5. The molecule has 0 bridgehead atoms. The number of rotatable bonds is 10. The lowest BCUT2D eigenvalue weighted by atomic mass is 9.61. The highest BCUT2D eigenvalue weighted by molar-refractivity contribution is 5.53. The van der Waals surface area contributed by atoms with E-state index in [0.29, 0.717) is 0 Å². The molecule has 0 N–H and O–H groups in total. The summed E-state index contributed by atoms with van der Waals surface area (Å²) >= 11 is 0. The molecule has 0 radical (unpaired) electrons. The molecule has 3 rings (SSSR count). The monoisotopic (exact) mass is 434 g/mol. The van der Waals surface area contributed by atoms with Crippen LogP contribution in [0.3, 0.4) is 0 Å². The Hall–Kier alpha value is -1.96. The molecule has 1 saturated carbocycles. The first-order valence-electron chi connectivity index (χ1n) is 13.2. The molecule has 2 heteroatoms. The van der Waals surface area contributed by atoms with Crippen LogP contribution >= 0.6 is 0 Å². The summed E-state index contributed by atoms with van der Waals surface area (Å²) in [7, 11) is 0. The van der Waals surface area contributed by atoms with Gasteiger partial charge in [-0.2, -0.15) is 0 Å². The fourth-order valence-electron chi connectivity index (χ4n) is 5.94. The molecule has 1 unspecified atom stereocenters. The average Bonchev–Trinajstić information content (AvgIpc) is 2.86. The van der Waals surface area contributed by atoms with Gasteiger partial charge in [-0.15, -0.1) is 0 Å². The highest BCUT2D eigenvalue weighted by Crippen LogP contribution is 2.48. The molecule has 0 aromatic heterocycles. The topological polar surface area (TPSA) is 6.48 Å². The van der Waals surface area contributed by atoms with Gasteiger partial charge in [0, 0.05) is 43.0 Å². The first kappa shape index (κ1) is 24.7. The Morgan fingerprint density at radius 2 is 1.06 bits per heavy atom. The number of anilines is 2. The zero-order valence-electron chi connectivity index (χ0n) is 21.5. The van der Waals surface area contributed by atoms with Crippen molar-refractivity contribution in [1.82, 2.24) is 0 Å². The van der Waals surface area contributed by atoms with Gasteiger partial charge in [-0.25, -0.2) is 0 Å². The van der Waals surface area contributed by atoms with Gasteiger partial charge in [-0.05, 0) is 101 Å². The van der Waals surface area contributed by atoms with Gasteiger partial charge < -0.3 is 9.80 Å². The van der Waals surface area contributed by atoms with Crippen LogP contribution in [0.5, 0.6) is 0 Å². The van der Waals surface area contributed by atoms with Crippen LogP contribution in [0.15, 0.2) is 48.5 Å². The van der Waals surface area contributed by atoms with E-state index in [1.54, 1.807) is 0 Å². The summed E-state index contributed by atoms with van der Waals surface area (Å²) in [6.07, 6.45) is 6.50. The van der Waals surface area contributed by atoms with Crippen molar-refractivity contribution >= 4 is 11.4 Å². The number of nitrogens with zero attached hydrogens (tertiary/aromatic N) is 2. The summed E-state index contributed by atoms with van der Waals surface area (Å²) in [6.45, 7) is 18.0. The van der Waals surface area contributed by atoms with Gasteiger partial charge in [0.05, 0.1) is 0 Å². The maximum atomic E-state index is 2.45. The van der Waals surface area contributed by atoms with Crippen molar-refractivity contribution in [2.75, 3.05) is 36.0 Å². The van der Waals surface area contributed by atoms with Crippen LogP contribution < -0.4 is 9.80 Å². The highest BCUT2D eigenvalue weighted by atomic mass is 15.1. The van der Waals surface area contributed by atoms with Gasteiger partial charge in [0.25, 0.3) is 0 Å². The van der Waals surface area contributed by atoms with Crippen molar-refractivity contribution in [2.24, 2.45) is 11.8 Å². The third-order valence-corrected chi connectivity index (χ3v) is 8.43. The molecule has 176 valence electrons. The second-order valence-corrected chi connectivity index (χ2v) is 9.74. The van der Waals surface area contributed by atoms with Crippen LogP contribution in [-0.2, 0) is 5.41 Å². The van der Waals surface area contributed by atoms with Crippen LogP contribution in [0.1, 0.15) is 84.8 Å². The quantitative estimate of drug-likeness (QED) is 0.375. The van der Waals surface area contributed by atoms with Gasteiger partial charge in [-0.3, -0.25) is 0 Å². The molecule has 32 heavy (non-hydrogen) atoms. The van der Waals surface area contributed by atoms with Crippen LogP contribution in [0.2, 0.25) is 0 Å². The Morgan fingerprint density at radius 3 is 1.38 bits per heavy atom. The van der Waals surface area contributed by atoms with Gasteiger partial charge in [-0.1, -0.05) is 44.5 Å². The molecule has 0 amide bonds. The van der Waals surface area contributed by atoms with Crippen LogP contribution in [-0.4, -0.2) is 26.2 Å². The van der Waals surface area contributed by atoms with Gasteiger partial charge >= 0.3 is 0 Å². The van der Waals surface area contributed by atoms with E-state index < -0.39 is 0 Å². The summed E-state index contributed by atoms with van der Waals surface area (Å²) in [5.74, 6) is 1.71. The lowest BCUT2D eigenvalue weighted by molar-refractivity contribution is 0.204. The number of benzene rings is 2. The molecular formula is C30H46N2. The average molecular weight is 435 g/mol. The fraction of sp³-hybridized carbons (Fsp3) is 0.600. The second kappa shape index (κ2) is 11.3. The van der Waals surface area contributed by atoms with Crippen molar-refractivity contribution < 1.29 is 0 Å². The van der Waals surface area contributed by atoms with Crippen LogP contribution in [0.25, 0.3) is 0 Å². The van der Waals surface area contributed by atoms with E-state index in [-0.39, 0.29) is 5.41 Å². The van der Waals surface area contributed by atoms with E-state index in [9.17, 15) is 0 Å². The van der Waals surface area contributed by atoms with Gasteiger partial charge in [0.15, 0.2) is 0 Å².